The Kier molecular flexibility index (Phi) is 14.1. The van der Waals surface area contributed by atoms with Crippen LogP contribution in [0.5, 0.6) is 11.5 Å². The maximum Gasteiger partial charge on any atom is 0.329 e. The number of primary amides is 1. The van der Waals surface area contributed by atoms with Gasteiger partial charge in [-0.1, -0.05) is 54.9 Å². The van der Waals surface area contributed by atoms with Gasteiger partial charge in [-0.15, -0.1) is 0 Å². The van der Waals surface area contributed by atoms with Gasteiger partial charge < -0.3 is 35.4 Å². The van der Waals surface area contributed by atoms with E-state index in [9.17, 15) is 19.5 Å². The van der Waals surface area contributed by atoms with Gasteiger partial charge in [0, 0.05) is 72.7 Å². The average Bonchev–Trinajstić information content (AvgIpc) is 3.86. The Hall–Kier alpha value is -5.65. The summed E-state index contributed by atoms with van der Waals surface area (Å²) in [7, 11) is 1.91. The molecule has 17 heteroatoms. The summed E-state index contributed by atoms with van der Waals surface area (Å²) < 4.78 is 46.4. The van der Waals surface area contributed by atoms with Gasteiger partial charge in [-0.05, 0) is 131 Å². The molecule has 1 saturated carbocycles. The third kappa shape index (κ3) is 9.38. The van der Waals surface area contributed by atoms with Crippen LogP contribution in [0.2, 0.25) is 5.02 Å². The molecule has 4 aromatic carbocycles. The molecule has 5 aliphatic rings. The summed E-state index contributed by atoms with van der Waals surface area (Å²) in [6, 6.07) is 20.8. The summed E-state index contributed by atoms with van der Waals surface area (Å²) in [5.41, 5.74) is 7.89. The molecule has 71 heavy (non-hydrogen) atoms. The number of nitrogens with zero attached hydrogens (tertiary/aromatic N) is 5. The molecule has 1 aliphatic carbocycles. The summed E-state index contributed by atoms with van der Waals surface area (Å²) in [4.78, 5) is 44.1. The van der Waals surface area contributed by atoms with Crippen molar-refractivity contribution in [2.75, 3.05) is 63.9 Å². The molecular formula is C54H63ClF2N8O6. The molecule has 0 radical (unpaired) electrons. The minimum absolute atomic E-state index is 0.0146. The second kappa shape index (κ2) is 20.5. The number of benzene rings is 4. The molecule has 10 rings (SSSR count). The molecule has 376 valence electrons. The SMILES string of the molecule is CC1c2c(cc(F)c(Cl)c2-c2c(C(N)=O)ccc(OCCO)c2F)OC1(CNCC1CCC(N2CCC(N3CCC(c4ccc5c(N6CCC(=O)NC6=O)nn(C)c5c4)CC3)CC2)CC1)c1ccccc1. The molecule has 14 nitrogen and oxygen atoms in total. The first-order valence-electron chi connectivity index (χ1n) is 25.2. The van der Waals surface area contributed by atoms with Crippen LogP contribution in [0.25, 0.3) is 22.0 Å². The summed E-state index contributed by atoms with van der Waals surface area (Å²) >= 11 is 6.73. The minimum Gasteiger partial charge on any atom is -0.488 e. The monoisotopic (exact) mass is 992 g/mol. The third-order valence-corrected chi connectivity index (χ3v) is 16.6. The highest BCUT2D eigenvalue weighted by atomic mass is 35.5. The number of carbonyl (C=O) groups excluding carboxylic acids is 3. The Morgan fingerprint density at radius 1 is 0.930 bits per heavy atom. The Bertz CT molecular complexity index is 2810. The highest BCUT2D eigenvalue weighted by molar-refractivity contribution is 6.34. The molecule has 4 aliphatic heterocycles. The van der Waals surface area contributed by atoms with Crippen LogP contribution in [0.3, 0.4) is 0 Å². The van der Waals surface area contributed by atoms with E-state index >= 15 is 8.78 Å². The number of hydrogen-bond acceptors (Lipinski definition) is 10. The number of piperidine rings is 2. The number of fused-ring (bicyclic) bond motifs is 2. The Morgan fingerprint density at radius 2 is 1.63 bits per heavy atom. The fraction of sp³-hybridized carbons (Fsp3) is 0.481. The number of aliphatic hydroxyl groups excluding tert-OH is 1. The van der Waals surface area contributed by atoms with E-state index in [1.807, 2.05) is 49.0 Å². The molecule has 2 unspecified atom stereocenters. The number of imide groups is 1. The van der Waals surface area contributed by atoms with Crippen molar-refractivity contribution in [3.05, 3.63) is 106 Å². The number of carbonyl (C=O) groups is 3. The molecule has 1 aromatic heterocycles. The number of nitrogens with one attached hydrogen (secondary N) is 2. The number of nitrogens with two attached hydrogens (primary N) is 1. The van der Waals surface area contributed by atoms with E-state index < -0.39 is 35.1 Å². The van der Waals surface area contributed by atoms with Gasteiger partial charge in [-0.3, -0.25) is 24.5 Å². The third-order valence-electron chi connectivity index (χ3n) is 16.2. The number of likely N-dealkylation sites (tertiary alicyclic amines) is 2. The number of anilines is 1. The molecule has 4 fully saturated rings. The molecule has 0 bridgehead atoms. The van der Waals surface area contributed by atoms with Crippen molar-refractivity contribution in [2.24, 2.45) is 18.7 Å². The molecule has 5 heterocycles. The Labute approximate surface area is 417 Å². The number of amides is 4. The number of rotatable bonds is 14. The van der Waals surface area contributed by atoms with Crippen LogP contribution in [0.15, 0.2) is 66.7 Å². The van der Waals surface area contributed by atoms with Gasteiger partial charge in [0.1, 0.15) is 18.2 Å². The number of urea groups is 1. The summed E-state index contributed by atoms with van der Waals surface area (Å²) in [6.07, 6.45) is 9.36. The zero-order valence-electron chi connectivity index (χ0n) is 40.4. The maximum atomic E-state index is 16.5. The van der Waals surface area contributed by atoms with Gasteiger partial charge in [0.25, 0.3) is 0 Å². The fourth-order valence-electron chi connectivity index (χ4n) is 12.4. The lowest BCUT2D eigenvalue weighted by Crippen LogP contribution is -2.50. The zero-order valence-corrected chi connectivity index (χ0v) is 41.2. The second-order valence-electron chi connectivity index (χ2n) is 20.1. The lowest BCUT2D eigenvalue weighted by molar-refractivity contribution is -0.120. The Balaban J connectivity index is 0.736. The van der Waals surface area contributed by atoms with Crippen LogP contribution in [0, 0.1) is 17.6 Å². The first kappa shape index (κ1) is 49.0. The quantitative estimate of drug-likeness (QED) is 0.0857. The smallest absolute Gasteiger partial charge is 0.329 e. The number of ether oxygens (including phenoxy) is 2. The number of aryl methyl sites for hydroxylation is 1. The average molecular weight is 994 g/mol. The lowest BCUT2D eigenvalue weighted by Gasteiger charge is -2.45. The molecule has 4 amide bonds. The first-order valence-corrected chi connectivity index (χ1v) is 25.6. The van der Waals surface area contributed by atoms with Gasteiger partial charge >= 0.3 is 6.03 Å². The van der Waals surface area contributed by atoms with E-state index in [-0.39, 0.29) is 58.8 Å². The van der Waals surface area contributed by atoms with Crippen molar-refractivity contribution in [2.45, 2.75) is 94.2 Å². The molecule has 5 aromatic rings. The van der Waals surface area contributed by atoms with Crippen molar-refractivity contribution in [3.8, 4) is 22.6 Å². The highest BCUT2D eigenvalue weighted by Crippen LogP contribution is 2.56. The van der Waals surface area contributed by atoms with Gasteiger partial charge in [0.2, 0.25) is 11.8 Å². The molecule has 3 saturated heterocycles. The van der Waals surface area contributed by atoms with Crippen molar-refractivity contribution in [3.63, 3.8) is 0 Å². The van der Waals surface area contributed by atoms with Crippen molar-refractivity contribution < 1.29 is 37.7 Å². The van der Waals surface area contributed by atoms with Crippen LogP contribution < -0.4 is 30.7 Å². The molecule has 5 N–H and O–H groups in total. The minimum atomic E-state index is -1.03. The van der Waals surface area contributed by atoms with E-state index in [0.717, 1.165) is 87.7 Å². The highest BCUT2D eigenvalue weighted by Gasteiger charge is 2.50. The van der Waals surface area contributed by atoms with Crippen molar-refractivity contribution >= 4 is 46.2 Å². The van der Waals surface area contributed by atoms with Crippen LogP contribution in [-0.2, 0) is 17.4 Å². The normalized spacial score (nSPS) is 23.7. The van der Waals surface area contributed by atoms with E-state index in [0.29, 0.717) is 48.4 Å². The number of aliphatic hydroxyl groups is 1. The lowest BCUT2D eigenvalue weighted by atomic mass is 9.77. The number of hydrogen-bond donors (Lipinski definition) is 4. The largest absolute Gasteiger partial charge is 0.488 e. The number of aromatic nitrogens is 2. The van der Waals surface area contributed by atoms with Gasteiger partial charge in [0.05, 0.1) is 22.7 Å². The van der Waals surface area contributed by atoms with E-state index in [1.54, 1.807) is 4.90 Å². The molecule has 0 spiro atoms. The van der Waals surface area contributed by atoms with Crippen molar-refractivity contribution in [1.29, 1.82) is 0 Å². The summed E-state index contributed by atoms with van der Waals surface area (Å²) in [6.45, 7) is 7.28. The Morgan fingerprint density at radius 3 is 2.32 bits per heavy atom. The van der Waals surface area contributed by atoms with Gasteiger partial charge in [-0.2, -0.15) is 5.10 Å². The van der Waals surface area contributed by atoms with E-state index in [4.69, 9.17) is 26.8 Å². The van der Waals surface area contributed by atoms with E-state index in [2.05, 4.69) is 43.7 Å². The van der Waals surface area contributed by atoms with Crippen LogP contribution in [-0.4, -0.2) is 114 Å². The zero-order chi connectivity index (χ0) is 49.6. The summed E-state index contributed by atoms with van der Waals surface area (Å²) in [5, 5.41) is 20.8. The molecule has 2 atom stereocenters. The van der Waals surface area contributed by atoms with Crippen molar-refractivity contribution in [1.82, 2.24) is 30.2 Å². The molecular weight excluding hydrogens is 930 g/mol. The first-order chi connectivity index (χ1) is 34.3. The second-order valence-corrected chi connectivity index (χ2v) is 20.5. The fourth-order valence-corrected chi connectivity index (χ4v) is 12.6. The van der Waals surface area contributed by atoms with Gasteiger partial charge in [0.15, 0.2) is 23.0 Å². The van der Waals surface area contributed by atoms with Crippen LogP contribution >= 0.6 is 11.6 Å². The predicted octanol–water partition coefficient (Wildman–Crippen LogP) is 7.97. The van der Waals surface area contributed by atoms with Crippen LogP contribution in [0.1, 0.15) is 104 Å². The topological polar surface area (TPSA) is 168 Å². The van der Waals surface area contributed by atoms with E-state index in [1.165, 1.54) is 36.6 Å². The number of halogens is 3. The van der Waals surface area contributed by atoms with Gasteiger partial charge in [-0.25, -0.2) is 13.6 Å². The van der Waals surface area contributed by atoms with Crippen LogP contribution in [0.4, 0.5) is 19.4 Å². The summed E-state index contributed by atoms with van der Waals surface area (Å²) in [5.74, 6) is -1.93. The predicted molar refractivity (Wildman–Crippen MR) is 268 cm³/mol. The standard InChI is InChI=1S/C54H63ClF2N8O6/c1-32-46-44(29-41(56)49(55)48(46)47-40(51(58)68)14-15-43(50(47)57)70-27-26-66)71-54(32,36-6-4-3-5-7-36)31-59-30-33-8-11-37(12-9-33)64-23-18-38(19-24-64)63-21-16-34(17-22-63)35-10-13-39-42(28-35)62(2)61-52(39)65-25-20-45(67)60-53(65)69/h3-7,10,13-15,28-29,32-34,37-38,59,66H,8-9,11-12,16-27,30-31H2,1-2H3,(H2,58,68)(H,60,67,69). The maximum absolute atomic E-state index is 16.5.